The Hall–Kier alpha value is -3.41. The van der Waals surface area contributed by atoms with Gasteiger partial charge in [-0.25, -0.2) is 13.4 Å². The normalized spacial score (nSPS) is 15.1. The molecule has 1 fully saturated rings. The Bertz CT molecular complexity index is 1560. The summed E-state index contributed by atoms with van der Waals surface area (Å²) in [6.45, 7) is 3.62. The zero-order valence-corrected chi connectivity index (χ0v) is 22.3. The molecule has 12 heteroatoms. The maximum Gasteiger partial charge on any atom is 0.254 e. The van der Waals surface area contributed by atoms with Crippen LogP contribution in [0, 0.1) is 6.92 Å². The van der Waals surface area contributed by atoms with Crippen LogP contribution in [0.1, 0.15) is 12.0 Å². The highest BCUT2D eigenvalue weighted by atomic mass is 35.5. The molecule has 0 saturated carbocycles. The summed E-state index contributed by atoms with van der Waals surface area (Å²) in [5, 5.41) is 4.85. The summed E-state index contributed by atoms with van der Waals surface area (Å²) in [4.78, 5) is 11.1. The summed E-state index contributed by atoms with van der Waals surface area (Å²) >= 11 is 6.23. The van der Waals surface area contributed by atoms with E-state index < -0.39 is 10.0 Å². The van der Waals surface area contributed by atoms with Crippen LogP contribution in [0.4, 0.5) is 5.82 Å². The molecular weight excluding hydrogens is 516 g/mol. The van der Waals surface area contributed by atoms with Crippen molar-refractivity contribution in [2.24, 2.45) is 0 Å². The summed E-state index contributed by atoms with van der Waals surface area (Å²) in [5.41, 5.74) is 2.51. The number of methoxy groups -OCH3 is 2. The Morgan fingerprint density at radius 1 is 0.946 bits per heavy atom. The molecule has 0 bridgehead atoms. The molecule has 0 N–H and O–H groups in total. The predicted molar refractivity (Wildman–Crippen MR) is 141 cm³/mol. The third kappa shape index (κ3) is 4.70. The smallest absolute Gasteiger partial charge is 0.254 e. The second-order valence-corrected chi connectivity index (χ2v) is 11.0. The molecule has 0 aliphatic carbocycles. The van der Waals surface area contributed by atoms with E-state index in [0.717, 1.165) is 22.5 Å². The lowest BCUT2D eigenvalue weighted by molar-refractivity contribution is 0.355. The highest BCUT2D eigenvalue weighted by molar-refractivity contribution is 7.89. The van der Waals surface area contributed by atoms with Crippen molar-refractivity contribution in [1.82, 2.24) is 23.9 Å². The van der Waals surface area contributed by atoms with Gasteiger partial charge in [0.25, 0.3) is 5.78 Å². The number of benzene rings is 2. The molecule has 0 unspecified atom stereocenters. The Labute approximate surface area is 220 Å². The van der Waals surface area contributed by atoms with Crippen LogP contribution in [0.15, 0.2) is 53.8 Å². The van der Waals surface area contributed by atoms with Crippen molar-refractivity contribution < 1.29 is 17.9 Å². The number of anilines is 1. The second kappa shape index (κ2) is 10.2. The summed E-state index contributed by atoms with van der Waals surface area (Å²) < 4.78 is 41.0. The molecule has 194 valence electrons. The number of rotatable bonds is 6. The first-order valence-electron chi connectivity index (χ1n) is 11.8. The molecule has 10 nitrogen and oxygen atoms in total. The molecule has 1 aliphatic heterocycles. The fourth-order valence-corrected chi connectivity index (χ4v) is 6.25. The van der Waals surface area contributed by atoms with Gasteiger partial charge in [0.05, 0.1) is 19.1 Å². The Kier molecular flexibility index (Phi) is 6.93. The summed E-state index contributed by atoms with van der Waals surface area (Å²) in [6, 6.07) is 10.5. The fraction of sp³-hybridized carbons (Fsp3) is 0.320. The molecule has 0 spiro atoms. The first-order valence-corrected chi connectivity index (χ1v) is 13.6. The van der Waals surface area contributed by atoms with Gasteiger partial charge in [-0.2, -0.15) is 18.9 Å². The van der Waals surface area contributed by atoms with E-state index in [2.05, 4.69) is 20.0 Å². The maximum absolute atomic E-state index is 13.4. The Morgan fingerprint density at radius 2 is 1.76 bits per heavy atom. The molecule has 5 rings (SSSR count). The molecule has 1 saturated heterocycles. The van der Waals surface area contributed by atoms with Crippen LogP contribution in [0.5, 0.6) is 11.5 Å². The van der Waals surface area contributed by atoms with E-state index >= 15 is 0 Å². The minimum Gasteiger partial charge on any atom is -0.493 e. The third-order valence-electron chi connectivity index (χ3n) is 6.51. The van der Waals surface area contributed by atoms with Gasteiger partial charge >= 0.3 is 0 Å². The Balaban J connectivity index is 1.51. The van der Waals surface area contributed by atoms with Gasteiger partial charge in [-0.05, 0) is 48.7 Å². The minimum atomic E-state index is -3.70. The predicted octanol–water partition coefficient (Wildman–Crippen LogP) is 3.67. The lowest BCUT2D eigenvalue weighted by Gasteiger charge is -2.26. The van der Waals surface area contributed by atoms with E-state index in [-0.39, 0.29) is 4.90 Å². The van der Waals surface area contributed by atoms with Crippen molar-refractivity contribution in [1.29, 1.82) is 0 Å². The molecule has 2 aromatic carbocycles. The van der Waals surface area contributed by atoms with Crippen molar-refractivity contribution in [3.63, 3.8) is 0 Å². The van der Waals surface area contributed by atoms with Gasteiger partial charge < -0.3 is 14.4 Å². The number of hydrogen-bond donors (Lipinski definition) is 0. The highest BCUT2D eigenvalue weighted by Crippen LogP contribution is 2.37. The topological polar surface area (TPSA) is 102 Å². The average molecular weight is 543 g/mol. The summed E-state index contributed by atoms with van der Waals surface area (Å²) in [6.07, 6.45) is 3.84. The number of nitrogens with zero attached hydrogens (tertiary/aromatic N) is 6. The summed E-state index contributed by atoms with van der Waals surface area (Å²) in [7, 11) is -0.516. The first kappa shape index (κ1) is 25.2. The van der Waals surface area contributed by atoms with Gasteiger partial charge in [-0.1, -0.05) is 23.7 Å². The first-order chi connectivity index (χ1) is 17.8. The summed E-state index contributed by atoms with van der Waals surface area (Å²) in [5.74, 6) is 2.46. The Morgan fingerprint density at radius 3 is 2.51 bits per heavy atom. The van der Waals surface area contributed by atoms with Crippen molar-refractivity contribution in [3.8, 4) is 22.6 Å². The quantitative estimate of drug-likeness (QED) is 0.364. The molecule has 37 heavy (non-hydrogen) atoms. The third-order valence-corrected chi connectivity index (χ3v) is 8.81. The van der Waals surface area contributed by atoms with Crippen LogP contribution < -0.4 is 14.4 Å². The minimum absolute atomic E-state index is 0.199. The van der Waals surface area contributed by atoms with E-state index in [4.69, 9.17) is 21.1 Å². The number of halogens is 1. The average Bonchev–Trinajstić information content (AvgIpc) is 3.25. The van der Waals surface area contributed by atoms with E-state index in [1.54, 1.807) is 37.1 Å². The molecule has 2 aromatic heterocycles. The van der Waals surface area contributed by atoms with Crippen LogP contribution in [-0.4, -0.2) is 72.7 Å². The van der Waals surface area contributed by atoms with Crippen LogP contribution in [0.25, 0.3) is 16.9 Å². The molecule has 1 aliphatic rings. The molecule has 4 aromatic rings. The number of aryl methyl sites for hydroxylation is 1. The van der Waals surface area contributed by atoms with Gasteiger partial charge in [0, 0.05) is 43.0 Å². The van der Waals surface area contributed by atoms with E-state index in [1.165, 1.54) is 16.7 Å². The molecule has 0 radical (unpaired) electrons. The van der Waals surface area contributed by atoms with Gasteiger partial charge in [-0.15, -0.1) is 0 Å². The number of aromatic nitrogens is 4. The van der Waals surface area contributed by atoms with Gasteiger partial charge in [0.15, 0.2) is 11.5 Å². The van der Waals surface area contributed by atoms with E-state index in [0.29, 0.717) is 54.9 Å². The van der Waals surface area contributed by atoms with Gasteiger partial charge in [0.2, 0.25) is 10.0 Å². The van der Waals surface area contributed by atoms with Crippen LogP contribution in [0.3, 0.4) is 0 Å². The zero-order chi connectivity index (χ0) is 26.2. The number of hydrogen-bond acceptors (Lipinski definition) is 8. The van der Waals surface area contributed by atoms with Crippen LogP contribution in [-0.2, 0) is 10.0 Å². The second-order valence-electron chi connectivity index (χ2n) is 8.69. The molecule has 0 amide bonds. The molecule has 3 heterocycles. The molecule has 0 atom stereocenters. The zero-order valence-electron chi connectivity index (χ0n) is 20.8. The monoisotopic (exact) mass is 542 g/mol. The standard InChI is InChI=1S/C25H27ClN6O4S/c1-17-5-7-19(14-21(17)26)37(33,34)31-10-4-9-30(11-12-31)24-20(15-27-25-28-16-29-32(24)25)18-6-8-22(35-2)23(13-18)36-3/h5-8,13-16H,4,9-12H2,1-3H3. The number of fused-ring (bicyclic) bond motifs is 1. The van der Waals surface area contributed by atoms with Crippen molar-refractivity contribution in [3.05, 3.63) is 59.5 Å². The van der Waals surface area contributed by atoms with Gasteiger partial charge in [0.1, 0.15) is 12.1 Å². The van der Waals surface area contributed by atoms with E-state index in [1.807, 2.05) is 25.1 Å². The van der Waals surface area contributed by atoms with Crippen LogP contribution in [0.2, 0.25) is 5.02 Å². The SMILES string of the molecule is COc1ccc(-c2cnc3ncnn3c2N2CCCN(S(=O)(=O)c3ccc(C)c(Cl)c3)CC2)cc1OC. The number of sulfonamides is 1. The maximum atomic E-state index is 13.4. The lowest BCUT2D eigenvalue weighted by Crippen LogP contribution is -2.35. The lowest BCUT2D eigenvalue weighted by atomic mass is 10.1. The fourth-order valence-electron chi connectivity index (χ4n) is 4.51. The van der Waals surface area contributed by atoms with Crippen LogP contribution >= 0.6 is 11.6 Å². The number of ether oxygens (including phenoxy) is 2. The van der Waals surface area contributed by atoms with Gasteiger partial charge in [-0.3, -0.25) is 0 Å². The highest BCUT2D eigenvalue weighted by Gasteiger charge is 2.29. The molecular formula is C25H27ClN6O4S. The van der Waals surface area contributed by atoms with Crippen molar-refractivity contribution in [2.45, 2.75) is 18.2 Å². The van der Waals surface area contributed by atoms with Crippen molar-refractivity contribution in [2.75, 3.05) is 45.3 Å². The largest absolute Gasteiger partial charge is 0.493 e. The van der Waals surface area contributed by atoms with E-state index in [9.17, 15) is 8.42 Å². The van der Waals surface area contributed by atoms with Crippen molar-refractivity contribution >= 4 is 33.2 Å².